The highest BCUT2D eigenvalue weighted by Crippen LogP contribution is 2.19. The molecule has 1 saturated heterocycles. The lowest BCUT2D eigenvalue weighted by Gasteiger charge is -2.22. The third-order valence-corrected chi connectivity index (χ3v) is 3.81. The van der Waals surface area contributed by atoms with Crippen LogP contribution >= 0.6 is 11.3 Å². The summed E-state index contributed by atoms with van der Waals surface area (Å²) in [5.41, 5.74) is 6.26. The molecule has 1 aromatic rings. The van der Waals surface area contributed by atoms with Crippen LogP contribution in [0.25, 0.3) is 0 Å². The van der Waals surface area contributed by atoms with Crippen molar-refractivity contribution in [1.29, 1.82) is 0 Å². The first kappa shape index (κ1) is 12.3. The van der Waals surface area contributed by atoms with Crippen molar-refractivity contribution in [3.63, 3.8) is 0 Å². The van der Waals surface area contributed by atoms with Crippen LogP contribution in [0.3, 0.4) is 0 Å². The van der Waals surface area contributed by atoms with Gasteiger partial charge in [-0.3, -0.25) is 4.79 Å². The lowest BCUT2D eigenvalue weighted by molar-refractivity contribution is 0.0536. The Morgan fingerprint density at radius 1 is 1.71 bits per heavy atom. The fraction of sp³-hybridized carbons (Fsp3) is 0.636. The molecule has 1 unspecified atom stereocenters. The maximum Gasteiger partial charge on any atom is 0.263 e. The number of nitrogens with zero attached hydrogens (tertiary/aromatic N) is 1. The summed E-state index contributed by atoms with van der Waals surface area (Å²) in [6, 6.07) is 0. The number of aryl methyl sites for hydroxylation is 1. The van der Waals surface area contributed by atoms with Crippen LogP contribution in [0.15, 0.2) is 0 Å². The van der Waals surface area contributed by atoms with Gasteiger partial charge in [-0.25, -0.2) is 4.98 Å². The van der Waals surface area contributed by atoms with Gasteiger partial charge in [0.1, 0.15) is 4.88 Å². The molecule has 6 heteroatoms. The molecule has 0 radical (unpaired) electrons. The maximum absolute atomic E-state index is 11.9. The maximum atomic E-state index is 11.9. The third kappa shape index (κ3) is 3.17. The SMILES string of the molecule is Cc1nc(N)sc1C(=O)NCC1CCCOC1. The van der Waals surface area contributed by atoms with Gasteiger partial charge in [0, 0.05) is 13.2 Å². The summed E-state index contributed by atoms with van der Waals surface area (Å²) in [6.07, 6.45) is 2.19. The molecule has 0 saturated carbocycles. The number of nitrogens with one attached hydrogen (secondary N) is 1. The fourth-order valence-corrected chi connectivity index (χ4v) is 2.66. The van der Waals surface area contributed by atoms with Gasteiger partial charge < -0.3 is 15.8 Å². The van der Waals surface area contributed by atoms with Crippen LogP contribution in [0.2, 0.25) is 0 Å². The lowest BCUT2D eigenvalue weighted by atomic mass is 10.0. The zero-order valence-electron chi connectivity index (χ0n) is 9.86. The first-order chi connectivity index (χ1) is 8.16. The van der Waals surface area contributed by atoms with E-state index in [2.05, 4.69) is 10.3 Å². The molecular weight excluding hydrogens is 238 g/mol. The van der Waals surface area contributed by atoms with Gasteiger partial charge in [0.25, 0.3) is 5.91 Å². The van der Waals surface area contributed by atoms with Crippen LogP contribution in [0, 0.1) is 12.8 Å². The molecular formula is C11H17N3O2S. The van der Waals surface area contributed by atoms with Crippen molar-refractivity contribution >= 4 is 22.4 Å². The van der Waals surface area contributed by atoms with Crippen molar-refractivity contribution in [3.8, 4) is 0 Å². The van der Waals surface area contributed by atoms with Crippen LogP contribution in [0.5, 0.6) is 0 Å². The van der Waals surface area contributed by atoms with Crippen LogP contribution in [0.4, 0.5) is 5.13 Å². The Morgan fingerprint density at radius 3 is 3.12 bits per heavy atom. The molecule has 1 fully saturated rings. The standard InChI is InChI=1S/C11H17N3O2S/c1-7-9(17-11(12)14-7)10(15)13-5-8-3-2-4-16-6-8/h8H,2-6H2,1H3,(H2,12,14)(H,13,15). The van der Waals surface area contributed by atoms with Crippen molar-refractivity contribution in [3.05, 3.63) is 10.6 Å². The smallest absolute Gasteiger partial charge is 0.263 e. The van der Waals surface area contributed by atoms with Gasteiger partial charge in [-0.15, -0.1) is 0 Å². The molecule has 0 spiro atoms. The van der Waals surface area contributed by atoms with Gasteiger partial charge in [0.15, 0.2) is 5.13 Å². The van der Waals surface area contributed by atoms with Gasteiger partial charge in [-0.1, -0.05) is 11.3 Å². The topological polar surface area (TPSA) is 77.2 Å². The predicted octanol–water partition coefficient (Wildman–Crippen LogP) is 1.19. The molecule has 0 bridgehead atoms. The predicted molar refractivity (Wildman–Crippen MR) is 67.1 cm³/mol. The zero-order chi connectivity index (χ0) is 12.3. The molecule has 5 nitrogen and oxygen atoms in total. The van der Waals surface area contributed by atoms with Crippen LogP contribution in [0.1, 0.15) is 28.2 Å². The number of nitrogen functional groups attached to an aromatic ring is 1. The summed E-state index contributed by atoms with van der Waals surface area (Å²) in [7, 11) is 0. The molecule has 1 aromatic heterocycles. The number of aromatic nitrogens is 1. The lowest BCUT2D eigenvalue weighted by Crippen LogP contribution is -2.33. The van der Waals surface area contributed by atoms with Gasteiger partial charge in [0.05, 0.1) is 12.3 Å². The Morgan fingerprint density at radius 2 is 2.53 bits per heavy atom. The summed E-state index contributed by atoms with van der Waals surface area (Å²) >= 11 is 1.23. The van der Waals surface area contributed by atoms with Gasteiger partial charge >= 0.3 is 0 Å². The fourth-order valence-electron chi connectivity index (χ4n) is 1.91. The minimum Gasteiger partial charge on any atom is -0.381 e. The van der Waals surface area contributed by atoms with Crippen LogP contribution < -0.4 is 11.1 Å². The van der Waals surface area contributed by atoms with E-state index >= 15 is 0 Å². The monoisotopic (exact) mass is 255 g/mol. The Balaban J connectivity index is 1.86. The molecule has 0 aliphatic carbocycles. The first-order valence-electron chi connectivity index (χ1n) is 5.75. The highest BCUT2D eigenvalue weighted by Gasteiger charge is 2.18. The van der Waals surface area contributed by atoms with E-state index in [-0.39, 0.29) is 5.91 Å². The normalized spacial score (nSPS) is 20.2. The first-order valence-corrected chi connectivity index (χ1v) is 6.57. The van der Waals surface area contributed by atoms with Crippen molar-refractivity contribution in [2.24, 2.45) is 5.92 Å². The van der Waals surface area contributed by atoms with Gasteiger partial charge in [-0.05, 0) is 25.7 Å². The Bertz CT molecular complexity index is 399. The van der Waals surface area contributed by atoms with Crippen molar-refractivity contribution in [2.75, 3.05) is 25.5 Å². The van der Waals surface area contributed by atoms with Crippen molar-refractivity contribution in [1.82, 2.24) is 10.3 Å². The second-order valence-electron chi connectivity index (χ2n) is 4.26. The molecule has 2 heterocycles. The summed E-state index contributed by atoms with van der Waals surface area (Å²) < 4.78 is 5.37. The number of carbonyl (C=O) groups excluding carboxylic acids is 1. The van der Waals surface area contributed by atoms with Crippen molar-refractivity contribution < 1.29 is 9.53 Å². The van der Waals surface area contributed by atoms with E-state index in [1.54, 1.807) is 6.92 Å². The average Bonchev–Trinajstić information content (AvgIpc) is 2.67. The van der Waals surface area contributed by atoms with E-state index in [4.69, 9.17) is 10.5 Å². The number of hydrogen-bond donors (Lipinski definition) is 2. The highest BCUT2D eigenvalue weighted by atomic mass is 32.1. The van der Waals surface area contributed by atoms with Crippen LogP contribution in [-0.4, -0.2) is 30.6 Å². The molecule has 1 amide bonds. The number of ether oxygens (including phenoxy) is 1. The van der Waals surface area contributed by atoms with E-state index < -0.39 is 0 Å². The molecule has 2 rings (SSSR count). The van der Waals surface area contributed by atoms with Crippen molar-refractivity contribution in [2.45, 2.75) is 19.8 Å². The highest BCUT2D eigenvalue weighted by molar-refractivity contribution is 7.17. The number of amides is 1. The largest absolute Gasteiger partial charge is 0.381 e. The Labute approximate surface area is 104 Å². The van der Waals surface area contributed by atoms with E-state index in [1.807, 2.05) is 0 Å². The second kappa shape index (κ2) is 5.46. The summed E-state index contributed by atoms with van der Waals surface area (Å²) in [5.74, 6) is 0.348. The quantitative estimate of drug-likeness (QED) is 0.850. The zero-order valence-corrected chi connectivity index (χ0v) is 10.7. The minimum absolute atomic E-state index is 0.0812. The molecule has 1 atom stereocenters. The molecule has 17 heavy (non-hydrogen) atoms. The van der Waals surface area contributed by atoms with E-state index in [9.17, 15) is 4.79 Å². The van der Waals surface area contributed by atoms with E-state index in [0.29, 0.717) is 28.2 Å². The number of hydrogen-bond acceptors (Lipinski definition) is 5. The third-order valence-electron chi connectivity index (χ3n) is 2.83. The molecule has 1 aliphatic rings. The van der Waals surface area contributed by atoms with Gasteiger partial charge in [-0.2, -0.15) is 0 Å². The molecule has 94 valence electrons. The molecule has 0 aromatic carbocycles. The average molecular weight is 255 g/mol. The number of rotatable bonds is 3. The van der Waals surface area contributed by atoms with Gasteiger partial charge in [0.2, 0.25) is 0 Å². The number of nitrogens with two attached hydrogens (primary N) is 1. The Hall–Kier alpha value is -1.14. The molecule has 1 aliphatic heterocycles. The summed E-state index contributed by atoms with van der Waals surface area (Å²) in [6.45, 7) is 4.04. The minimum atomic E-state index is -0.0812. The van der Waals surface area contributed by atoms with E-state index in [0.717, 1.165) is 26.1 Å². The summed E-state index contributed by atoms with van der Waals surface area (Å²) in [4.78, 5) is 16.5. The van der Waals surface area contributed by atoms with Crippen LogP contribution in [-0.2, 0) is 4.74 Å². The second-order valence-corrected chi connectivity index (χ2v) is 5.29. The molecule has 3 N–H and O–H groups in total. The Kier molecular flexibility index (Phi) is 3.96. The van der Waals surface area contributed by atoms with E-state index in [1.165, 1.54) is 11.3 Å². The number of anilines is 1. The summed E-state index contributed by atoms with van der Waals surface area (Å²) in [5, 5.41) is 3.36. The number of thiazole rings is 1. The number of carbonyl (C=O) groups is 1.